The van der Waals surface area contributed by atoms with Gasteiger partial charge in [0.05, 0.1) is 11.3 Å². The second kappa shape index (κ2) is 6.76. The molecule has 1 aliphatic rings. The number of nitrogens with zero attached hydrogens (tertiary/aromatic N) is 2. The number of hydrogen-bond acceptors (Lipinski definition) is 3. The first-order valence-corrected chi connectivity index (χ1v) is 9.67. The normalized spacial score (nSPS) is 13.7. The molecule has 0 saturated carbocycles. The minimum absolute atomic E-state index is 0.401. The lowest BCUT2D eigenvalue weighted by atomic mass is 10.1. The summed E-state index contributed by atoms with van der Waals surface area (Å²) in [6.45, 7) is 2.02. The summed E-state index contributed by atoms with van der Waals surface area (Å²) in [5, 5.41) is 2.58. The van der Waals surface area contributed by atoms with Crippen LogP contribution in [0.1, 0.15) is 16.7 Å². The number of thioether (sulfide) groups is 1. The second-order valence-corrected chi connectivity index (χ2v) is 7.66. The van der Waals surface area contributed by atoms with Gasteiger partial charge in [-0.3, -0.25) is 5.43 Å². The van der Waals surface area contributed by atoms with Crippen molar-refractivity contribution in [1.82, 2.24) is 9.66 Å². The van der Waals surface area contributed by atoms with E-state index in [1.165, 1.54) is 23.4 Å². The molecular formula is C19H13BrF3N3S. The highest BCUT2D eigenvalue weighted by Crippen LogP contribution is 2.38. The molecule has 1 N–H and O–H groups in total. The molecule has 1 aliphatic heterocycles. The molecule has 1 aromatic heterocycles. The van der Waals surface area contributed by atoms with Gasteiger partial charge < -0.3 is 0 Å². The Bertz CT molecular complexity index is 1040. The number of nitrogens with one attached hydrogen (secondary N) is 1. The minimum Gasteiger partial charge on any atom is -0.290 e. The van der Waals surface area contributed by atoms with Crippen molar-refractivity contribution >= 4 is 33.4 Å². The van der Waals surface area contributed by atoms with E-state index in [9.17, 15) is 13.2 Å². The van der Waals surface area contributed by atoms with Crippen molar-refractivity contribution in [2.45, 2.75) is 18.3 Å². The summed E-state index contributed by atoms with van der Waals surface area (Å²) in [7, 11) is 0. The fraction of sp³-hybridized carbons (Fsp3) is 0.105. The van der Waals surface area contributed by atoms with Crippen molar-refractivity contribution in [1.29, 1.82) is 0 Å². The summed E-state index contributed by atoms with van der Waals surface area (Å²) in [5.74, 6) is 0. The maximum Gasteiger partial charge on any atom is 0.416 e. The zero-order valence-electron chi connectivity index (χ0n) is 14.0. The third-order valence-electron chi connectivity index (χ3n) is 4.13. The molecule has 0 radical (unpaired) electrons. The highest BCUT2D eigenvalue weighted by molar-refractivity contribution is 9.10. The number of aryl methyl sites for hydroxylation is 1. The van der Waals surface area contributed by atoms with Crippen molar-refractivity contribution in [3.8, 4) is 11.3 Å². The predicted octanol–water partition coefficient (Wildman–Crippen LogP) is 6.29. The van der Waals surface area contributed by atoms with Gasteiger partial charge in [0.25, 0.3) is 0 Å². The van der Waals surface area contributed by atoms with Gasteiger partial charge >= 0.3 is 6.18 Å². The maximum absolute atomic E-state index is 13.0. The highest BCUT2D eigenvalue weighted by atomic mass is 79.9. The van der Waals surface area contributed by atoms with Gasteiger partial charge in [-0.05, 0) is 40.5 Å². The summed E-state index contributed by atoms with van der Waals surface area (Å²) < 4.78 is 41.4. The average molecular weight is 452 g/mol. The molecule has 0 saturated heterocycles. The average Bonchev–Trinajstić information content (AvgIpc) is 2.98. The van der Waals surface area contributed by atoms with Crippen molar-refractivity contribution in [3.05, 3.63) is 75.2 Å². The molecule has 27 heavy (non-hydrogen) atoms. The van der Waals surface area contributed by atoms with Gasteiger partial charge in [-0.25, -0.2) is 9.66 Å². The molecule has 0 aliphatic carbocycles. The Labute approximate surface area is 166 Å². The summed E-state index contributed by atoms with van der Waals surface area (Å²) in [4.78, 5) is 4.49. The topological polar surface area (TPSA) is 29.9 Å². The van der Waals surface area contributed by atoms with Crippen LogP contribution >= 0.6 is 27.7 Å². The lowest BCUT2D eigenvalue weighted by Gasteiger charge is -2.19. The fourth-order valence-corrected chi connectivity index (χ4v) is 4.20. The van der Waals surface area contributed by atoms with Crippen LogP contribution in [0.5, 0.6) is 0 Å². The molecule has 3 aromatic rings. The minimum atomic E-state index is -4.39. The number of fused-ring (bicyclic) bond motifs is 1. The molecule has 0 bridgehead atoms. The summed E-state index contributed by atoms with van der Waals surface area (Å²) >= 11 is 4.89. The fourth-order valence-electron chi connectivity index (χ4n) is 2.71. The smallest absolute Gasteiger partial charge is 0.290 e. The van der Waals surface area contributed by atoms with Crippen LogP contribution < -0.4 is 5.43 Å². The Morgan fingerprint density at radius 3 is 2.52 bits per heavy atom. The number of hydrogen-bond donors (Lipinski definition) is 1. The number of aromatic nitrogens is 2. The molecule has 0 spiro atoms. The first-order chi connectivity index (χ1) is 12.8. The van der Waals surface area contributed by atoms with E-state index in [2.05, 4.69) is 26.3 Å². The van der Waals surface area contributed by atoms with Crippen molar-refractivity contribution in [2.75, 3.05) is 5.43 Å². The van der Waals surface area contributed by atoms with Crippen molar-refractivity contribution in [3.63, 3.8) is 0 Å². The third-order valence-corrected chi connectivity index (χ3v) is 5.70. The van der Waals surface area contributed by atoms with E-state index in [1.807, 2.05) is 36.6 Å². The summed E-state index contributed by atoms with van der Waals surface area (Å²) in [5.41, 5.74) is 6.49. The molecule has 0 atom stereocenters. The van der Waals surface area contributed by atoms with Gasteiger partial charge in [0.1, 0.15) is 10.3 Å². The number of imidazole rings is 1. The van der Waals surface area contributed by atoms with Crippen molar-refractivity contribution in [2.24, 2.45) is 0 Å². The third kappa shape index (κ3) is 3.51. The quantitative estimate of drug-likeness (QED) is 0.496. The van der Waals surface area contributed by atoms with Gasteiger partial charge in [0.15, 0.2) is 5.16 Å². The molecule has 2 heterocycles. The number of alkyl halides is 3. The largest absolute Gasteiger partial charge is 0.416 e. The van der Waals surface area contributed by atoms with E-state index >= 15 is 0 Å². The van der Waals surface area contributed by atoms with Crippen molar-refractivity contribution < 1.29 is 13.2 Å². The number of halogens is 4. The first kappa shape index (κ1) is 18.2. The van der Waals surface area contributed by atoms with E-state index in [0.29, 0.717) is 21.0 Å². The van der Waals surface area contributed by atoms with Gasteiger partial charge in [0, 0.05) is 11.0 Å². The second-order valence-electron chi connectivity index (χ2n) is 6.07. The van der Waals surface area contributed by atoms with Crippen LogP contribution in [-0.2, 0) is 6.18 Å². The van der Waals surface area contributed by atoms with Crippen LogP contribution in [0.25, 0.3) is 17.0 Å². The highest BCUT2D eigenvalue weighted by Gasteiger charge is 2.31. The Hall–Kier alpha value is -2.19. The molecule has 138 valence electrons. The molecule has 0 fully saturated rings. The maximum atomic E-state index is 13.0. The van der Waals surface area contributed by atoms with Crippen LogP contribution in [0, 0.1) is 6.92 Å². The Balaban J connectivity index is 1.69. The van der Waals surface area contributed by atoms with E-state index in [4.69, 9.17) is 0 Å². The predicted molar refractivity (Wildman–Crippen MR) is 105 cm³/mol. The lowest BCUT2D eigenvalue weighted by Crippen LogP contribution is -2.17. The van der Waals surface area contributed by atoms with E-state index < -0.39 is 11.7 Å². The van der Waals surface area contributed by atoms with Gasteiger partial charge in [-0.15, -0.1) is 0 Å². The molecular weight excluding hydrogens is 439 g/mol. The van der Waals surface area contributed by atoms with E-state index in [-0.39, 0.29) is 0 Å². The Morgan fingerprint density at radius 2 is 1.81 bits per heavy atom. The first-order valence-electron chi connectivity index (χ1n) is 8.00. The SMILES string of the molecule is Cc1ccc(C2=CSc3nc(-c4cccc(C(F)(F)F)c4)c(Br)n3N2)cc1. The molecule has 0 amide bonds. The van der Waals surface area contributed by atoms with Crippen LogP contribution in [0.2, 0.25) is 0 Å². The van der Waals surface area contributed by atoms with E-state index in [0.717, 1.165) is 23.4 Å². The molecule has 2 aromatic carbocycles. The molecule has 8 heteroatoms. The number of benzene rings is 2. The zero-order chi connectivity index (χ0) is 19.2. The van der Waals surface area contributed by atoms with Crippen LogP contribution in [-0.4, -0.2) is 9.66 Å². The number of rotatable bonds is 2. The Kier molecular flexibility index (Phi) is 4.55. The summed E-state index contributed by atoms with van der Waals surface area (Å²) in [6, 6.07) is 13.2. The molecule has 3 nitrogen and oxygen atoms in total. The zero-order valence-corrected chi connectivity index (χ0v) is 16.4. The van der Waals surface area contributed by atoms with Gasteiger partial charge in [0.2, 0.25) is 0 Å². The molecule has 4 rings (SSSR count). The van der Waals surface area contributed by atoms with Crippen LogP contribution in [0.15, 0.2) is 63.7 Å². The standard InChI is InChI=1S/C19H13BrF3N3S/c1-11-5-7-12(8-6-11)15-10-27-18-24-16(17(20)26(18)25-15)13-3-2-4-14(9-13)19(21,22)23/h2-10,25H,1H3. The molecule has 0 unspecified atom stereocenters. The lowest BCUT2D eigenvalue weighted by molar-refractivity contribution is -0.137. The monoisotopic (exact) mass is 451 g/mol. The van der Waals surface area contributed by atoms with E-state index in [1.54, 1.807) is 10.7 Å². The Morgan fingerprint density at radius 1 is 1.07 bits per heavy atom. The van der Waals surface area contributed by atoms with Gasteiger partial charge in [-0.1, -0.05) is 53.7 Å². The van der Waals surface area contributed by atoms with Crippen LogP contribution in [0.4, 0.5) is 13.2 Å². The summed E-state index contributed by atoms with van der Waals surface area (Å²) in [6.07, 6.45) is -4.39. The van der Waals surface area contributed by atoms with Crippen LogP contribution in [0.3, 0.4) is 0 Å². The van der Waals surface area contributed by atoms with Gasteiger partial charge in [-0.2, -0.15) is 13.2 Å².